The Balaban J connectivity index is 2.81. The van der Waals surface area contributed by atoms with Gasteiger partial charge in [-0.25, -0.2) is 0 Å². The Hall–Kier alpha value is -1.76. The second-order valence-electron chi connectivity index (χ2n) is 5.28. The number of hydrogen-bond donors (Lipinski definition) is 3. The zero-order valence-electron chi connectivity index (χ0n) is 12.5. The van der Waals surface area contributed by atoms with Crippen molar-refractivity contribution in [1.29, 1.82) is 0 Å². The molecule has 7 heteroatoms. The molecule has 1 aromatic rings. The van der Waals surface area contributed by atoms with Crippen LogP contribution in [0.2, 0.25) is 0 Å². The Morgan fingerprint density at radius 2 is 1.77 bits per heavy atom. The molecule has 0 bridgehead atoms. The zero-order chi connectivity index (χ0) is 17.0. The summed E-state index contributed by atoms with van der Waals surface area (Å²) in [6, 6.07) is 2.82. The normalized spacial score (nSPS) is 12.4. The molecule has 0 aliphatic carbocycles. The smallest absolute Gasteiger partial charge is 0.416 e. The number of hydrogen-bond acceptors (Lipinski definition) is 3. The van der Waals surface area contributed by atoms with E-state index in [-0.39, 0.29) is 18.7 Å². The third kappa shape index (κ3) is 4.37. The largest absolute Gasteiger partial charge is 0.508 e. The molecule has 124 valence electrons. The van der Waals surface area contributed by atoms with E-state index in [0.29, 0.717) is 18.9 Å². The van der Waals surface area contributed by atoms with Crippen molar-refractivity contribution in [2.75, 3.05) is 6.54 Å². The minimum atomic E-state index is -4.54. The van der Waals surface area contributed by atoms with E-state index >= 15 is 0 Å². The zero-order valence-corrected chi connectivity index (χ0v) is 12.5. The highest BCUT2D eigenvalue weighted by Crippen LogP contribution is 2.32. The molecule has 0 saturated heterocycles. The third-order valence-electron chi connectivity index (χ3n) is 3.90. The lowest BCUT2D eigenvalue weighted by molar-refractivity contribution is -0.149. The van der Waals surface area contributed by atoms with E-state index in [0.717, 1.165) is 6.07 Å². The van der Waals surface area contributed by atoms with E-state index in [4.69, 9.17) is 0 Å². The highest BCUT2D eigenvalue weighted by molar-refractivity contribution is 5.74. The Bertz CT molecular complexity index is 525. The van der Waals surface area contributed by atoms with E-state index in [2.05, 4.69) is 5.32 Å². The number of nitrogens with one attached hydrogen (secondary N) is 1. The van der Waals surface area contributed by atoms with E-state index in [9.17, 15) is 28.2 Å². The van der Waals surface area contributed by atoms with Gasteiger partial charge in [-0.15, -0.1) is 0 Å². The van der Waals surface area contributed by atoms with Crippen molar-refractivity contribution in [3.63, 3.8) is 0 Å². The van der Waals surface area contributed by atoms with Crippen molar-refractivity contribution in [2.24, 2.45) is 5.41 Å². The molecule has 0 aromatic heterocycles. The lowest BCUT2D eigenvalue weighted by atomic mass is 9.82. The average molecular weight is 319 g/mol. The molecule has 3 N–H and O–H groups in total. The van der Waals surface area contributed by atoms with Crippen LogP contribution in [0.4, 0.5) is 13.2 Å². The van der Waals surface area contributed by atoms with E-state index in [1.165, 1.54) is 6.07 Å². The lowest BCUT2D eigenvalue weighted by Crippen LogP contribution is -2.40. The molecule has 4 nitrogen and oxygen atoms in total. The van der Waals surface area contributed by atoms with Gasteiger partial charge in [-0.3, -0.25) is 4.79 Å². The maximum atomic E-state index is 12.7. The van der Waals surface area contributed by atoms with Crippen LogP contribution in [0.3, 0.4) is 0 Å². The van der Waals surface area contributed by atoms with Crippen LogP contribution in [0, 0.1) is 5.41 Å². The summed E-state index contributed by atoms with van der Waals surface area (Å²) >= 11 is 0. The van der Waals surface area contributed by atoms with Crippen LogP contribution in [0.1, 0.15) is 37.8 Å². The highest BCUT2D eigenvalue weighted by Gasteiger charge is 2.34. The van der Waals surface area contributed by atoms with Crippen molar-refractivity contribution < 1.29 is 28.2 Å². The molecular weight excluding hydrogens is 299 g/mol. The summed E-state index contributed by atoms with van der Waals surface area (Å²) in [5, 5.41) is 21.5. The fraction of sp³-hybridized carbons (Fsp3) is 0.533. The second-order valence-corrected chi connectivity index (χ2v) is 5.28. The SMILES string of the molecule is CCC(CC)(CNCc1cc(O)cc(C(F)(F)F)c1)C(=O)O. The van der Waals surface area contributed by atoms with Crippen LogP contribution in [-0.4, -0.2) is 22.7 Å². The van der Waals surface area contributed by atoms with Crippen LogP contribution in [0.15, 0.2) is 18.2 Å². The Morgan fingerprint density at radius 3 is 2.23 bits per heavy atom. The van der Waals surface area contributed by atoms with Gasteiger partial charge in [0.15, 0.2) is 0 Å². The molecule has 1 rings (SSSR count). The number of carbonyl (C=O) groups is 1. The molecule has 0 atom stereocenters. The van der Waals surface area contributed by atoms with Crippen molar-refractivity contribution in [1.82, 2.24) is 5.32 Å². The molecule has 1 aromatic carbocycles. The van der Waals surface area contributed by atoms with Gasteiger partial charge in [-0.1, -0.05) is 13.8 Å². The fourth-order valence-corrected chi connectivity index (χ4v) is 2.26. The third-order valence-corrected chi connectivity index (χ3v) is 3.90. The molecule has 0 fully saturated rings. The Kier molecular flexibility index (Phi) is 5.82. The van der Waals surface area contributed by atoms with Gasteiger partial charge in [-0.2, -0.15) is 13.2 Å². The molecule has 0 saturated carbocycles. The van der Waals surface area contributed by atoms with Gasteiger partial charge in [0.1, 0.15) is 5.75 Å². The number of rotatable bonds is 7. The number of benzene rings is 1. The average Bonchev–Trinajstić information content (AvgIpc) is 2.42. The number of carboxylic acid groups (broad SMARTS) is 1. The molecule has 0 unspecified atom stereocenters. The number of carboxylic acids is 1. The first kappa shape index (κ1) is 18.3. The molecule has 0 spiro atoms. The second kappa shape index (κ2) is 7.00. The first-order chi connectivity index (χ1) is 10.1. The summed E-state index contributed by atoms with van der Waals surface area (Å²) < 4.78 is 38.0. The van der Waals surface area contributed by atoms with Crippen molar-refractivity contribution in [3.8, 4) is 5.75 Å². The minimum Gasteiger partial charge on any atom is -0.508 e. The molecule has 0 aliphatic heterocycles. The number of alkyl halides is 3. The predicted octanol–water partition coefficient (Wildman–Crippen LogP) is 3.39. The Labute approximate surface area is 127 Å². The van der Waals surface area contributed by atoms with Gasteiger partial charge in [-0.05, 0) is 36.6 Å². The van der Waals surface area contributed by atoms with Crippen molar-refractivity contribution >= 4 is 5.97 Å². The number of aliphatic carboxylic acids is 1. The molecule has 22 heavy (non-hydrogen) atoms. The quantitative estimate of drug-likeness (QED) is 0.720. The Morgan fingerprint density at radius 1 is 1.18 bits per heavy atom. The topological polar surface area (TPSA) is 69.6 Å². The lowest BCUT2D eigenvalue weighted by Gasteiger charge is -2.27. The summed E-state index contributed by atoms with van der Waals surface area (Å²) in [7, 11) is 0. The summed E-state index contributed by atoms with van der Waals surface area (Å²) in [5.41, 5.74) is -1.62. The monoisotopic (exact) mass is 319 g/mol. The maximum Gasteiger partial charge on any atom is 0.416 e. The standard InChI is InChI=1S/C15H20F3NO3/c1-3-14(4-2,13(21)22)9-19-8-10-5-11(15(16,17)18)7-12(20)6-10/h5-7,19-20H,3-4,8-9H2,1-2H3,(H,21,22). The van der Waals surface area contributed by atoms with Gasteiger partial charge < -0.3 is 15.5 Å². The van der Waals surface area contributed by atoms with Crippen LogP contribution in [0.25, 0.3) is 0 Å². The van der Waals surface area contributed by atoms with Gasteiger partial charge in [0.05, 0.1) is 11.0 Å². The molecule has 0 aliphatic rings. The van der Waals surface area contributed by atoms with Crippen molar-refractivity contribution in [2.45, 2.75) is 39.4 Å². The van der Waals surface area contributed by atoms with E-state index in [1.54, 1.807) is 13.8 Å². The molecular formula is C15H20F3NO3. The summed E-state index contributed by atoms with van der Waals surface area (Å²) in [6.45, 7) is 3.71. The number of phenolic OH excluding ortho intramolecular Hbond substituents is 1. The first-order valence-electron chi connectivity index (χ1n) is 6.99. The van der Waals surface area contributed by atoms with E-state index in [1.807, 2.05) is 0 Å². The van der Waals surface area contributed by atoms with Gasteiger partial charge in [0, 0.05) is 13.1 Å². The highest BCUT2D eigenvalue weighted by atomic mass is 19.4. The number of phenols is 1. The minimum absolute atomic E-state index is 0.0481. The summed E-state index contributed by atoms with van der Waals surface area (Å²) in [6.07, 6.45) is -3.70. The number of halogens is 3. The summed E-state index contributed by atoms with van der Waals surface area (Å²) in [4.78, 5) is 11.3. The molecule has 0 amide bonds. The van der Waals surface area contributed by atoms with Crippen LogP contribution >= 0.6 is 0 Å². The molecule has 0 radical (unpaired) electrons. The van der Waals surface area contributed by atoms with Crippen LogP contribution < -0.4 is 5.32 Å². The predicted molar refractivity (Wildman–Crippen MR) is 75.5 cm³/mol. The van der Waals surface area contributed by atoms with Gasteiger partial charge in [0.2, 0.25) is 0 Å². The van der Waals surface area contributed by atoms with Gasteiger partial charge >= 0.3 is 12.1 Å². The van der Waals surface area contributed by atoms with E-state index < -0.39 is 28.9 Å². The molecule has 0 heterocycles. The van der Waals surface area contributed by atoms with Crippen LogP contribution in [0.5, 0.6) is 5.75 Å². The van der Waals surface area contributed by atoms with Gasteiger partial charge in [0.25, 0.3) is 0 Å². The van der Waals surface area contributed by atoms with Crippen molar-refractivity contribution in [3.05, 3.63) is 29.3 Å². The first-order valence-corrected chi connectivity index (χ1v) is 6.99. The summed E-state index contributed by atoms with van der Waals surface area (Å²) in [5.74, 6) is -1.40. The van der Waals surface area contributed by atoms with Crippen LogP contribution in [-0.2, 0) is 17.5 Å². The maximum absolute atomic E-state index is 12.7. The number of aromatic hydroxyl groups is 1. The fourth-order valence-electron chi connectivity index (χ4n) is 2.26.